The summed E-state index contributed by atoms with van der Waals surface area (Å²) < 4.78 is 5.60. The lowest BCUT2D eigenvalue weighted by atomic mass is 10.2. The Morgan fingerprint density at radius 3 is 2.82 bits per heavy atom. The van der Waals surface area contributed by atoms with Crippen molar-refractivity contribution in [2.75, 3.05) is 24.6 Å². The molecule has 1 aromatic carbocycles. The molecule has 1 aliphatic rings. The molecule has 2 aromatic rings. The summed E-state index contributed by atoms with van der Waals surface area (Å²) in [6, 6.07) is 15.6. The fourth-order valence-electron chi connectivity index (χ4n) is 2.46. The van der Waals surface area contributed by atoms with Crippen molar-refractivity contribution in [3.05, 3.63) is 60.3 Å². The molecule has 5 heteroatoms. The van der Waals surface area contributed by atoms with Gasteiger partial charge in [-0.25, -0.2) is 4.98 Å². The van der Waals surface area contributed by atoms with Crippen molar-refractivity contribution in [1.29, 1.82) is 0 Å². The SMILES string of the molecule is O=C(NCc1ccccc1)[C@H]1CN(c2ccccn2)CCO1. The van der Waals surface area contributed by atoms with Crippen molar-refractivity contribution in [1.82, 2.24) is 10.3 Å². The van der Waals surface area contributed by atoms with Crippen molar-refractivity contribution in [3.63, 3.8) is 0 Å². The van der Waals surface area contributed by atoms with E-state index >= 15 is 0 Å². The normalized spacial score (nSPS) is 18.0. The average Bonchev–Trinajstić information content (AvgIpc) is 2.61. The van der Waals surface area contributed by atoms with Crippen molar-refractivity contribution in [2.24, 2.45) is 0 Å². The van der Waals surface area contributed by atoms with Crippen molar-refractivity contribution in [2.45, 2.75) is 12.6 Å². The highest BCUT2D eigenvalue weighted by molar-refractivity contribution is 5.81. The van der Waals surface area contributed by atoms with E-state index in [4.69, 9.17) is 4.74 Å². The van der Waals surface area contributed by atoms with E-state index in [1.54, 1.807) is 6.20 Å². The van der Waals surface area contributed by atoms with Crippen LogP contribution in [0.3, 0.4) is 0 Å². The molecule has 1 amide bonds. The number of nitrogens with one attached hydrogen (secondary N) is 1. The third-order valence-corrected chi connectivity index (χ3v) is 3.64. The number of morpholine rings is 1. The van der Waals surface area contributed by atoms with E-state index in [9.17, 15) is 4.79 Å². The van der Waals surface area contributed by atoms with Crippen LogP contribution in [0, 0.1) is 0 Å². The van der Waals surface area contributed by atoms with E-state index in [0.29, 0.717) is 19.7 Å². The minimum atomic E-state index is -0.459. The summed E-state index contributed by atoms with van der Waals surface area (Å²) in [6.07, 6.45) is 1.30. The number of benzene rings is 1. The fraction of sp³-hybridized carbons (Fsp3) is 0.294. The van der Waals surface area contributed by atoms with Gasteiger partial charge in [0, 0.05) is 19.3 Å². The first kappa shape index (κ1) is 14.5. The molecule has 0 bridgehead atoms. The maximum absolute atomic E-state index is 12.3. The fourth-order valence-corrected chi connectivity index (χ4v) is 2.46. The molecule has 1 saturated heterocycles. The Kier molecular flexibility index (Phi) is 4.65. The molecule has 0 unspecified atom stereocenters. The lowest BCUT2D eigenvalue weighted by Crippen LogP contribution is -2.50. The second-order valence-corrected chi connectivity index (χ2v) is 5.20. The highest BCUT2D eigenvalue weighted by Gasteiger charge is 2.27. The van der Waals surface area contributed by atoms with Gasteiger partial charge in [0.1, 0.15) is 5.82 Å². The summed E-state index contributed by atoms with van der Waals surface area (Å²) in [6.45, 7) is 2.32. The average molecular weight is 297 g/mol. The van der Waals surface area contributed by atoms with Crippen LogP contribution >= 0.6 is 0 Å². The second-order valence-electron chi connectivity index (χ2n) is 5.20. The van der Waals surface area contributed by atoms with Gasteiger partial charge in [-0.15, -0.1) is 0 Å². The predicted molar refractivity (Wildman–Crippen MR) is 84.5 cm³/mol. The number of pyridine rings is 1. The predicted octanol–water partition coefficient (Wildman–Crippen LogP) is 1.60. The Hall–Kier alpha value is -2.40. The molecular formula is C17H19N3O2. The summed E-state index contributed by atoms with van der Waals surface area (Å²) >= 11 is 0. The zero-order chi connectivity index (χ0) is 15.2. The molecule has 2 heterocycles. The largest absolute Gasteiger partial charge is 0.365 e. The van der Waals surface area contributed by atoms with E-state index in [2.05, 4.69) is 15.2 Å². The lowest BCUT2D eigenvalue weighted by Gasteiger charge is -2.32. The van der Waals surface area contributed by atoms with Gasteiger partial charge in [-0.1, -0.05) is 36.4 Å². The maximum atomic E-state index is 12.3. The Bertz CT molecular complexity index is 604. The molecule has 1 aliphatic heterocycles. The van der Waals surface area contributed by atoms with Crippen LogP contribution in [0.15, 0.2) is 54.7 Å². The van der Waals surface area contributed by atoms with Crippen LogP contribution in [0.25, 0.3) is 0 Å². The number of hydrogen-bond acceptors (Lipinski definition) is 4. The van der Waals surface area contributed by atoms with E-state index < -0.39 is 6.10 Å². The van der Waals surface area contributed by atoms with E-state index in [-0.39, 0.29) is 5.91 Å². The summed E-state index contributed by atoms with van der Waals surface area (Å²) in [7, 11) is 0. The number of carbonyl (C=O) groups is 1. The lowest BCUT2D eigenvalue weighted by molar-refractivity contribution is -0.133. The van der Waals surface area contributed by atoms with Crippen LogP contribution in [-0.2, 0) is 16.1 Å². The summed E-state index contributed by atoms with van der Waals surface area (Å²) in [5, 5.41) is 2.93. The maximum Gasteiger partial charge on any atom is 0.251 e. The molecule has 114 valence electrons. The van der Waals surface area contributed by atoms with Crippen molar-refractivity contribution >= 4 is 11.7 Å². The summed E-state index contributed by atoms with van der Waals surface area (Å²) in [4.78, 5) is 18.7. The minimum Gasteiger partial charge on any atom is -0.365 e. The van der Waals surface area contributed by atoms with Crippen LogP contribution in [-0.4, -0.2) is 36.7 Å². The van der Waals surface area contributed by atoms with Crippen LogP contribution < -0.4 is 10.2 Å². The number of aromatic nitrogens is 1. The first-order valence-electron chi connectivity index (χ1n) is 7.42. The minimum absolute atomic E-state index is 0.0792. The number of rotatable bonds is 4. The molecule has 1 atom stereocenters. The number of carbonyl (C=O) groups excluding carboxylic acids is 1. The van der Waals surface area contributed by atoms with Crippen LogP contribution in [0.1, 0.15) is 5.56 Å². The highest BCUT2D eigenvalue weighted by atomic mass is 16.5. The Balaban J connectivity index is 1.56. The number of hydrogen-bond donors (Lipinski definition) is 1. The summed E-state index contributed by atoms with van der Waals surface area (Å²) in [5.74, 6) is 0.802. The van der Waals surface area contributed by atoms with Gasteiger partial charge in [-0.2, -0.15) is 0 Å². The van der Waals surface area contributed by atoms with Gasteiger partial charge in [-0.05, 0) is 17.7 Å². The Labute approximate surface area is 129 Å². The standard InChI is InChI=1S/C17H19N3O2/c21-17(19-12-14-6-2-1-3-7-14)15-13-20(10-11-22-15)16-8-4-5-9-18-16/h1-9,15H,10-13H2,(H,19,21)/t15-/m1/s1. The van der Waals surface area contributed by atoms with Gasteiger partial charge >= 0.3 is 0 Å². The molecular weight excluding hydrogens is 278 g/mol. The third-order valence-electron chi connectivity index (χ3n) is 3.64. The molecule has 3 rings (SSSR count). The highest BCUT2D eigenvalue weighted by Crippen LogP contribution is 2.14. The third kappa shape index (κ3) is 3.62. The Morgan fingerprint density at radius 2 is 2.05 bits per heavy atom. The number of nitrogens with zero attached hydrogens (tertiary/aromatic N) is 2. The molecule has 0 radical (unpaired) electrons. The van der Waals surface area contributed by atoms with E-state index in [1.807, 2.05) is 48.5 Å². The monoisotopic (exact) mass is 297 g/mol. The molecule has 0 spiro atoms. The molecule has 1 N–H and O–H groups in total. The zero-order valence-corrected chi connectivity index (χ0v) is 12.3. The van der Waals surface area contributed by atoms with E-state index in [0.717, 1.165) is 17.9 Å². The van der Waals surface area contributed by atoms with Gasteiger partial charge in [0.05, 0.1) is 13.2 Å². The smallest absolute Gasteiger partial charge is 0.251 e. The van der Waals surface area contributed by atoms with Gasteiger partial charge < -0.3 is 15.0 Å². The van der Waals surface area contributed by atoms with Gasteiger partial charge in [0.25, 0.3) is 5.91 Å². The van der Waals surface area contributed by atoms with Gasteiger partial charge in [-0.3, -0.25) is 4.79 Å². The number of anilines is 1. The molecule has 5 nitrogen and oxygen atoms in total. The first-order valence-corrected chi connectivity index (χ1v) is 7.42. The number of amides is 1. The summed E-state index contributed by atoms with van der Waals surface area (Å²) in [5.41, 5.74) is 1.08. The van der Waals surface area contributed by atoms with Crippen LogP contribution in [0.4, 0.5) is 5.82 Å². The van der Waals surface area contributed by atoms with Gasteiger partial charge in [0.15, 0.2) is 6.10 Å². The van der Waals surface area contributed by atoms with Crippen molar-refractivity contribution < 1.29 is 9.53 Å². The van der Waals surface area contributed by atoms with Crippen LogP contribution in [0.5, 0.6) is 0 Å². The molecule has 0 saturated carbocycles. The Morgan fingerprint density at radius 1 is 1.23 bits per heavy atom. The second kappa shape index (κ2) is 7.04. The van der Waals surface area contributed by atoms with Crippen LogP contribution in [0.2, 0.25) is 0 Å². The first-order chi connectivity index (χ1) is 10.8. The molecule has 1 fully saturated rings. The zero-order valence-electron chi connectivity index (χ0n) is 12.3. The van der Waals surface area contributed by atoms with E-state index in [1.165, 1.54) is 0 Å². The molecule has 1 aromatic heterocycles. The molecule has 22 heavy (non-hydrogen) atoms. The van der Waals surface area contributed by atoms with Gasteiger partial charge in [0.2, 0.25) is 0 Å². The quantitative estimate of drug-likeness (QED) is 0.931. The number of ether oxygens (including phenoxy) is 1. The topological polar surface area (TPSA) is 54.5 Å². The van der Waals surface area contributed by atoms with Crippen molar-refractivity contribution in [3.8, 4) is 0 Å². The molecule has 0 aliphatic carbocycles.